The summed E-state index contributed by atoms with van der Waals surface area (Å²) in [7, 11) is 4.06. The summed E-state index contributed by atoms with van der Waals surface area (Å²) >= 11 is 2.02. The number of hydrogen-bond donors (Lipinski definition) is 0. The van der Waals surface area contributed by atoms with Gasteiger partial charge < -0.3 is 21.7 Å². The predicted octanol–water partition coefficient (Wildman–Crippen LogP) is -0.478. The highest BCUT2D eigenvalue weighted by atomic mass is 35.5. The molecule has 0 N–H and O–H groups in total. The van der Waals surface area contributed by atoms with Crippen LogP contribution in [-0.4, -0.2) is 43.7 Å². The molecule has 0 bridgehead atoms. The van der Waals surface area contributed by atoms with Crippen LogP contribution in [0.15, 0.2) is 40.8 Å². The van der Waals surface area contributed by atoms with Crippen LogP contribution in [0.25, 0.3) is 22.6 Å². The average Bonchev–Trinajstić information content (AvgIpc) is 2.59. The van der Waals surface area contributed by atoms with Crippen LogP contribution >= 0.6 is 11.8 Å². The number of halogens is 1. The van der Waals surface area contributed by atoms with Gasteiger partial charge in [-0.05, 0) is 18.2 Å². The number of hydrogen-bond acceptors (Lipinski definition) is 4. The topological polar surface area (TPSA) is 32.3 Å². The third-order valence-electron chi connectivity index (χ3n) is 4.24. The Hall–Kier alpha value is -1.72. The van der Waals surface area contributed by atoms with Crippen LogP contribution < -0.4 is 27.2 Å². The van der Waals surface area contributed by atoms with Crippen molar-refractivity contribution < 1.29 is 16.8 Å². The first-order valence-corrected chi connectivity index (χ1v) is 9.04. The maximum absolute atomic E-state index is 6.15. The summed E-state index contributed by atoms with van der Waals surface area (Å²) in [6, 6.07) is 12.5. The van der Waals surface area contributed by atoms with Crippen LogP contribution in [0, 0.1) is 0 Å². The first kappa shape index (κ1) is 17.1. The minimum absolute atomic E-state index is 0. The Kier molecular flexibility index (Phi) is 5.01. The zero-order chi connectivity index (χ0) is 15.8. The van der Waals surface area contributed by atoms with Crippen molar-refractivity contribution in [3.8, 4) is 11.5 Å². The van der Waals surface area contributed by atoms with Gasteiger partial charge in [-0.1, -0.05) is 0 Å². The summed E-state index contributed by atoms with van der Waals surface area (Å²) in [6.07, 6.45) is 0. The Morgan fingerprint density at radius 2 is 1.88 bits per heavy atom. The first-order valence-electron chi connectivity index (χ1n) is 7.88. The molecule has 4 rings (SSSR count). The van der Waals surface area contributed by atoms with E-state index in [-0.39, 0.29) is 12.4 Å². The van der Waals surface area contributed by atoms with Crippen LogP contribution in [0.2, 0.25) is 0 Å². The highest BCUT2D eigenvalue weighted by Gasteiger charge is 2.14. The molecule has 1 aromatic rings. The standard InChI is InChI=1S/C18H20N3OS.ClH/c1-20(2)13-3-5-15-17(11-13)22-18-12-14(4-6-16(18)19-15)21-7-9-23-10-8-21;/h3-6,11-12H,7-10H2,1-2H3;1H/q+1;/p-1. The Balaban J connectivity index is 0.00000169. The number of anilines is 1. The van der Waals surface area contributed by atoms with E-state index in [4.69, 9.17) is 9.40 Å². The normalized spacial score (nSPS) is 14.7. The Morgan fingerprint density at radius 3 is 2.62 bits per heavy atom. The zero-order valence-electron chi connectivity index (χ0n) is 13.8. The molecule has 2 heterocycles. The van der Waals surface area contributed by atoms with Gasteiger partial charge in [0, 0.05) is 42.4 Å². The van der Waals surface area contributed by atoms with Crippen molar-refractivity contribution in [2.45, 2.75) is 0 Å². The molecular formula is C18H20ClN3OS. The second kappa shape index (κ2) is 7.03. The molecule has 0 aromatic heterocycles. The number of benzene rings is 2. The molecular weight excluding hydrogens is 342 g/mol. The third kappa shape index (κ3) is 3.23. The molecule has 0 radical (unpaired) electrons. The molecule has 0 unspecified atom stereocenters. The molecule has 1 aliphatic carbocycles. The second-order valence-electron chi connectivity index (χ2n) is 6.01. The smallest absolute Gasteiger partial charge is 0.203 e. The number of thioether (sulfide) groups is 1. The molecule has 126 valence electrons. The maximum Gasteiger partial charge on any atom is 0.203 e. The highest BCUT2D eigenvalue weighted by molar-refractivity contribution is 7.99. The van der Waals surface area contributed by atoms with Gasteiger partial charge in [-0.2, -0.15) is 11.8 Å². The molecule has 3 aliphatic rings. The van der Waals surface area contributed by atoms with Gasteiger partial charge in [0.15, 0.2) is 11.3 Å². The molecule has 0 spiro atoms. The van der Waals surface area contributed by atoms with E-state index < -0.39 is 0 Å². The van der Waals surface area contributed by atoms with E-state index in [1.807, 2.05) is 38.0 Å². The van der Waals surface area contributed by atoms with Crippen molar-refractivity contribution >= 4 is 28.5 Å². The van der Waals surface area contributed by atoms with Crippen LogP contribution in [0.4, 0.5) is 5.69 Å². The molecule has 6 heteroatoms. The summed E-state index contributed by atoms with van der Waals surface area (Å²) in [5, 5.41) is 1.12. The van der Waals surface area contributed by atoms with Crippen molar-refractivity contribution in [3.05, 3.63) is 41.8 Å². The third-order valence-corrected chi connectivity index (χ3v) is 5.18. The molecule has 0 saturated carbocycles. The van der Waals surface area contributed by atoms with Crippen molar-refractivity contribution in [3.63, 3.8) is 0 Å². The van der Waals surface area contributed by atoms with E-state index >= 15 is 0 Å². The van der Waals surface area contributed by atoms with E-state index in [9.17, 15) is 0 Å². The lowest BCUT2D eigenvalue weighted by Crippen LogP contribution is -3.00. The monoisotopic (exact) mass is 361 g/mol. The van der Waals surface area contributed by atoms with Gasteiger partial charge >= 0.3 is 0 Å². The van der Waals surface area contributed by atoms with Crippen LogP contribution in [0.5, 0.6) is 0 Å². The van der Waals surface area contributed by atoms with Gasteiger partial charge in [-0.15, -0.1) is 0 Å². The minimum atomic E-state index is 0. The predicted molar refractivity (Wildman–Crippen MR) is 97.3 cm³/mol. The summed E-state index contributed by atoms with van der Waals surface area (Å²) in [5.41, 5.74) is 3.88. The van der Waals surface area contributed by atoms with Crippen LogP contribution in [0.3, 0.4) is 0 Å². The van der Waals surface area contributed by atoms with Crippen molar-refractivity contribution in [2.75, 3.05) is 43.6 Å². The molecule has 2 aliphatic heterocycles. The van der Waals surface area contributed by atoms with Gasteiger partial charge in [-0.25, -0.2) is 9.56 Å². The van der Waals surface area contributed by atoms with Gasteiger partial charge in [0.1, 0.15) is 25.3 Å². The Morgan fingerprint density at radius 1 is 1.08 bits per heavy atom. The number of aromatic nitrogens is 1. The van der Waals surface area contributed by atoms with E-state index in [0.717, 1.165) is 41.0 Å². The van der Waals surface area contributed by atoms with Crippen LogP contribution in [0.1, 0.15) is 0 Å². The lowest BCUT2D eigenvalue weighted by Gasteiger charge is -2.28. The molecule has 1 aromatic carbocycles. The largest absolute Gasteiger partial charge is 1.00 e. The lowest BCUT2D eigenvalue weighted by atomic mass is 10.2. The fourth-order valence-electron chi connectivity index (χ4n) is 2.90. The average molecular weight is 362 g/mol. The zero-order valence-corrected chi connectivity index (χ0v) is 15.4. The minimum Gasteiger partial charge on any atom is -1.00 e. The summed E-state index contributed by atoms with van der Waals surface area (Å²) in [4.78, 5) is 7.15. The second-order valence-corrected chi connectivity index (χ2v) is 7.24. The number of fused-ring (bicyclic) bond motifs is 2. The van der Waals surface area contributed by atoms with Crippen molar-refractivity contribution in [1.29, 1.82) is 0 Å². The van der Waals surface area contributed by atoms with Gasteiger partial charge in [0.2, 0.25) is 5.36 Å². The first-order chi connectivity index (χ1) is 11.2. The van der Waals surface area contributed by atoms with E-state index in [1.165, 1.54) is 17.2 Å². The Bertz CT molecular complexity index is 898. The van der Waals surface area contributed by atoms with Crippen LogP contribution in [-0.2, 0) is 0 Å². The number of rotatable bonds is 1. The molecule has 1 fully saturated rings. The van der Waals surface area contributed by atoms with Crippen molar-refractivity contribution in [1.82, 2.24) is 9.56 Å². The summed E-state index contributed by atoms with van der Waals surface area (Å²) in [6.45, 7) is 2.20. The molecule has 1 saturated heterocycles. The van der Waals surface area contributed by atoms with Gasteiger partial charge in [0.25, 0.3) is 0 Å². The molecule has 0 atom stereocenters. The summed E-state index contributed by atoms with van der Waals surface area (Å²) in [5.74, 6) is 3.21. The van der Waals surface area contributed by atoms with E-state index in [0.29, 0.717) is 0 Å². The fourth-order valence-corrected chi connectivity index (χ4v) is 3.80. The Labute approximate surface area is 151 Å². The van der Waals surface area contributed by atoms with Gasteiger partial charge in [-0.3, -0.25) is 0 Å². The van der Waals surface area contributed by atoms with E-state index in [1.54, 1.807) is 0 Å². The fraction of sp³-hybridized carbons (Fsp3) is 0.333. The van der Waals surface area contributed by atoms with Gasteiger partial charge in [0.05, 0.1) is 6.07 Å². The SMILES string of the molecule is C[N+](C)=c1ccc2nc3ccc(N4CCSCC4)cc3oc-2c1.[Cl-]. The molecule has 0 amide bonds. The number of nitrogens with zero attached hydrogens (tertiary/aromatic N) is 3. The quantitative estimate of drug-likeness (QED) is 0.433. The molecule has 4 nitrogen and oxygen atoms in total. The van der Waals surface area contributed by atoms with Crippen molar-refractivity contribution in [2.24, 2.45) is 0 Å². The highest BCUT2D eigenvalue weighted by Crippen LogP contribution is 2.28. The molecule has 24 heavy (non-hydrogen) atoms. The van der Waals surface area contributed by atoms with E-state index in [2.05, 4.69) is 33.7 Å². The lowest BCUT2D eigenvalue weighted by molar-refractivity contribution is -0.00000512. The summed E-state index contributed by atoms with van der Waals surface area (Å²) < 4.78 is 8.22. The maximum atomic E-state index is 6.15.